The SMILES string of the molecule is CCCCC(NS(=O)(=O)c1cc(C)cs1)c1cccnc1. The largest absolute Gasteiger partial charge is 0.264 e. The van der Waals surface area contributed by atoms with Crippen LogP contribution >= 0.6 is 11.3 Å². The maximum Gasteiger partial charge on any atom is 0.250 e. The molecule has 0 spiro atoms. The van der Waals surface area contributed by atoms with Crippen LogP contribution in [0.4, 0.5) is 0 Å². The quantitative estimate of drug-likeness (QED) is 0.845. The van der Waals surface area contributed by atoms with E-state index < -0.39 is 10.0 Å². The van der Waals surface area contributed by atoms with Crippen LogP contribution in [-0.2, 0) is 10.0 Å². The van der Waals surface area contributed by atoms with Crippen LogP contribution in [0, 0.1) is 6.92 Å². The summed E-state index contributed by atoms with van der Waals surface area (Å²) >= 11 is 1.25. The number of unbranched alkanes of at least 4 members (excludes halogenated alkanes) is 1. The minimum absolute atomic E-state index is 0.231. The molecule has 0 fully saturated rings. The first-order chi connectivity index (χ1) is 10.0. The minimum Gasteiger partial charge on any atom is -0.264 e. The van der Waals surface area contributed by atoms with Gasteiger partial charge >= 0.3 is 0 Å². The molecular formula is C15H20N2O2S2. The monoisotopic (exact) mass is 324 g/mol. The predicted octanol–water partition coefficient (Wildman–Crippen LogP) is 3.66. The Morgan fingerprint density at radius 1 is 1.43 bits per heavy atom. The molecule has 0 amide bonds. The lowest BCUT2D eigenvalue weighted by Crippen LogP contribution is -2.28. The Hall–Kier alpha value is -1.24. The Balaban J connectivity index is 2.22. The molecule has 0 aliphatic heterocycles. The van der Waals surface area contributed by atoms with Crippen molar-refractivity contribution in [3.63, 3.8) is 0 Å². The van der Waals surface area contributed by atoms with Gasteiger partial charge in [0.25, 0.3) is 10.0 Å². The van der Waals surface area contributed by atoms with Crippen molar-refractivity contribution in [3.05, 3.63) is 47.1 Å². The average molecular weight is 324 g/mol. The van der Waals surface area contributed by atoms with Crippen molar-refractivity contribution in [1.82, 2.24) is 9.71 Å². The van der Waals surface area contributed by atoms with Gasteiger partial charge in [-0.1, -0.05) is 25.8 Å². The third kappa shape index (κ3) is 4.36. The molecule has 1 N–H and O–H groups in total. The van der Waals surface area contributed by atoms with Crippen LogP contribution < -0.4 is 4.72 Å². The average Bonchev–Trinajstić information content (AvgIpc) is 2.92. The summed E-state index contributed by atoms with van der Waals surface area (Å²) in [5.41, 5.74) is 1.87. The molecule has 114 valence electrons. The van der Waals surface area contributed by atoms with Gasteiger partial charge in [-0.2, -0.15) is 0 Å². The number of nitrogens with zero attached hydrogens (tertiary/aromatic N) is 1. The fraction of sp³-hybridized carbons (Fsp3) is 0.400. The molecule has 0 bridgehead atoms. The Labute approximate surface area is 130 Å². The van der Waals surface area contributed by atoms with Crippen molar-refractivity contribution in [2.24, 2.45) is 0 Å². The van der Waals surface area contributed by atoms with E-state index in [0.29, 0.717) is 4.21 Å². The molecule has 1 atom stereocenters. The molecule has 0 aliphatic rings. The number of thiophene rings is 1. The minimum atomic E-state index is -3.48. The fourth-order valence-electron chi connectivity index (χ4n) is 2.08. The summed E-state index contributed by atoms with van der Waals surface area (Å²) in [6.07, 6.45) is 6.17. The molecule has 2 aromatic rings. The number of pyridine rings is 1. The lowest BCUT2D eigenvalue weighted by Gasteiger charge is -2.18. The van der Waals surface area contributed by atoms with Gasteiger partial charge in [-0.05, 0) is 42.0 Å². The van der Waals surface area contributed by atoms with E-state index >= 15 is 0 Å². The predicted molar refractivity (Wildman–Crippen MR) is 85.9 cm³/mol. The van der Waals surface area contributed by atoms with E-state index in [1.54, 1.807) is 18.5 Å². The lowest BCUT2D eigenvalue weighted by atomic mass is 10.0. The normalized spacial score (nSPS) is 13.2. The Bertz CT molecular complexity index is 666. The molecule has 4 nitrogen and oxygen atoms in total. The Morgan fingerprint density at radius 2 is 2.24 bits per heavy atom. The number of hydrogen-bond acceptors (Lipinski definition) is 4. The zero-order valence-electron chi connectivity index (χ0n) is 12.2. The van der Waals surface area contributed by atoms with Gasteiger partial charge in [0.15, 0.2) is 0 Å². The van der Waals surface area contributed by atoms with Crippen LogP contribution in [0.25, 0.3) is 0 Å². The topological polar surface area (TPSA) is 59.1 Å². The van der Waals surface area contributed by atoms with Gasteiger partial charge in [-0.3, -0.25) is 4.98 Å². The standard InChI is InChI=1S/C15H20N2O2S2/c1-3-4-7-14(13-6-5-8-16-10-13)17-21(18,19)15-9-12(2)11-20-15/h5-6,8-11,14,17H,3-4,7H2,1-2H3. The van der Waals surface area contributed by atoms with Gasteiger partial charge in [0, 0.05) is 18.4 Å². The first kappa shape index (κ1) is 16.1. The van der Waals surface area contributed by atoms with E-state index in [1.165, 1.54) is 11.3 Å². The van der Waals surface area contributed by atoms with Crippen molar-refractivity contribution >= 4 is 21.4 Å². The molecule has 2 rings (SSSR count). The van der Waals surface area contributed by atoms with Crippen LogP contribution in [0.15, 0.2) is 40.2 Å². The van der Waals surface area contributed by atoms with E-state index in [-0.39, 0.29) is 6.04 Å². The van der Waals surface area contributed by atoms with Crippen LogP contribution in [0.2, 0.25) is 0 Å². The highest BCUT2D eigenvalue weighted by atomic mass is 32.2. The lowest BCUT2D eigenvalue weighted by molar-refractivity contribution is 0.526. The van der Waals surface area contributed by atoms with Gasteiger partial charge in [0.1, 0.15) is 4.21 Å². The van der Waals surface area contributed by atoms with Crippen molar-refractivity contribution < 1.29 is 8.42 Å². The highest BCUT2D eigenvalue weighted by molar-refractivity contribution is 7.91. The zero-order valence-corrected chi connectivity index (χ0v) is 13.9. The number of nitrogens with one attached hydrogen (secondary N) is 1. The molecule has 0 saturated heterocycles. The summed E-state index contributed by atoms with van der Waals surface area (Å²) in [5.74, 6) is 0. The zero-order chi connectivity index (χ0) is 15.3. The smallest absolute Gasteiger partial charge is 0.250 e. The number of sulfonamides is 1. The van der Waals surface area contributed by atoms with Crippen molar-refractivity contribution in [3.8, 4) is 0 Å². The summed E-state index contributed by atoms with van der Waals surface area (Å²) in [5, 5.41) is 1.85. The van der Waals surface area contributed by atoms with Crippen LogP contribution in [-0.4, -0.2) is 13.4 Å². The Kier molecular flexibility index (Phi) is 5.50. The number of aromatic nitrogens is 1. The van der Waals surface area contributed by atoms with Gasteiger partial charge in [0.05, 0.1) is 0 Å². The van der Waals surface area contributed by atoms with Crippen LogP contribution in [0.5, 0.6) is 0 Å². The number of rotatable bonds is 7. The molecule has 0 aliphatic carbocycles. The van der Waals surface area contributed by atoms with E-state index in [4.69, 9.17) is 0 Å². The number of aryl methyl sites for hydroxylation is 1. The molecular weight excluding hydrogens is 304 g/mol. The van der Waals surface area contributed by atoms with Gasteiger partial charge in [-0.15, -0.1) is 11.3 Å². The van der Waals surface area contributed by atoms with Crippen molar-refractivity contribution in [2.75, 3.05) is 0 Å². The summed E-state index contributed by atoms with van der Waals surface area (Å²) in [4.78, 5) is 4.09. The summed E-state index contributed by atoms with van der Waals surface area (Å²) < 4.78 is 28.1. The fourth-order valence-corrected chi connectivity index (χ4v) is 4.58. The van der Waals surface area contributed by atoms with Crippen molar-refractivity contribution in [1.29, 1.82) is 0 Å². The summed E-state index contributed by atoms with van der Waals surface area (Å²) in [6.45, 7) is 3.99. The molecule has 0 radical (unpaired) electrons. The first-order valence-corrected chi connectivity index (χ1v) is 9.36. The third-order valence-corrected chi connectivity index (χ3v) is 6.23. The van der Waals surface area contributed by atoms with Gasteiger partial charge < -0.3 is 0 Å². The second kappa shape index (κ2) is 7.15. The van der Waals surface area contributed by atoms with E-state index in [1.807, 2.05) is 24.4 Å². The maximum absolute atomic E-state index is 12.5. The Morgan fingerprint density at radius 3 is 2.81 bits per heavy atom. The van der Waals surface area contributed by atoms with Crippen molar-refractivity contribution in [2.45, 2.75) is 43.4 Å². The molecule has 1 unspecified atom stereocenters. The van der Waals surface area contributed by atoms with E-state index in [2.05, 4.69) is 16.6 Å². The van der Waals surface area contributed by atoms with Gasteiger partial charge in [-0.25, -0.2) is 13.1 Å². The van der Waals surface area contributed by atoms with Crippen LogP contribution in [0.1, 0.15) is 43.4 Å². The first-order valence-electron chi connectivity index (χ1n) is 7.00. The summed E-state index contributed by atoms with van der Waals surface area (Å²) in [6, 6.07) is 5.21. The third-order valence-electron chi connectivity index (χ3n) is 3.20. The van der Waals surface area contributed by atoms with E-state index in [9.17, 15) is 8.42 Å². The molecule has 0 aromatic carbocycles. The maximum atomic E-state index is 12.5. The van der Waals surface area contributed by atoms with Gasteiger partial charge in [0.2, 0.25) is 0 Å². The van der Waals surface area contributed by atoms with Crippen LogP contribution in [0.3, 0.4) is 0 Å². The molecule has 0 saturated carbocycles. The highest BCUT2D eigenvalue weighted by Gasteiger charge is 2.22. The highest BCUT2D eigenvalue weighted by Crippen LogP contribution is 2.25. The molecule has 2 heterocycles. The van der Waals surface area contributed by atoms with E-state index in [0.717, 1.165) is 30.4 Å². The second-order valence-electron chi connectivity index (χ2n) is 5.05. The number of hydrogen-bond donors (Lipinski definition) is 1. The summed E-state index contributed by atoms with van der Waals surface area (Å²) in [7, 11) is -3.48. The molecule has 6 heteroatoms. The molecule has 21 heavy (non-hydrogen) atoms. The second-order valence-corrected chi connectivity index (χ2v) is 7.90. The molecule has 2 aromatic heterocycles.